The Morgan fingerprint density at radius 1 is 1.37 bits per heavy atom. The zero-order valence-corrected chi connectivity index (χ0v) is 16.1. The van der Waals surface area contributed by atoms with E-state index < -0.39 is 0 Å². The summed E-state index contributed by atoms with van der Waals surface area (Å²) >= 11 is 0. The van der Waals surface area contributed by atoms with E-state index in [1.54, 1.807) is 25.3 Å². The lowest BCUT2D eigenvalue weighted by molar-refractivity contribution is -0.127. The van der Waals surface area contributed by atoms with Crippen LogP contribution in [-0.2, 0) is 17.8 Å². The number of benzene rings is 1. The van der Waals surface area contributed by atoms with Crippen molar-refractivity contribution >= 4 is 11.9 Å². The van der Waals surface area contributed by atoms with Crippen LogP contribution in [0.5, 0.6) is 0 Å². The van der Waals surface area contributed by atoms with Crippen LogP contribution in [0.1, 0.15) is 30.8 Å². The number of aryl methyl sites for hydroxylation is 1. The van der Waals surface area contributed by atoms with Crippen molar-refractivity contribution in [1.82, 2.24) is 30.3 Å². The molecule has 1 aliphatic rings. The van der Waals surface area contributed by atoms with Gasteiger partial charge in [-0.1, -0.05) is 30.3 Å². The van der Waals surface area contributed by atoms with E-state index in [4.69, 9.17) is 0 Å². The predicted octanol–water partition coefficient (Wildman–Crippen LogP) is 0.978. The van der Waals surface area contributed by atoms with Gasteiger partial charge in [0.2, 0.25) is 5.91 Å². The molecule has 2 unspecified atom stereocenters. The number of nitrogens with zero attached hydrogens (tertiary/aromatic N) is 5. The van der Waals surface area contributed by atoms with Crippen molar-refractivity contribution in [1.29, 1.82) is 0 Å². The second kappa shape index (κ2) is 8.66. The van der Waals surface area contributed by atoms with Gasteiger partial charge in [0, 0.05) is 26.6 Å². The third-order valence-electron chi connectivity index (χ3n) is 4.67. The van der Waals surface area contributed by atoms with E-state index in [-0.39, 0.29) is 24.5 Å². The lowest BCUT2D eigenvalue weighted by Gasteiger charge is -2.27. The fourth-order valence-corrected chi connectivity index (χ4v) is 3.00. The topological polar surface area (TPSA) is 87.4 Å². The number of aliphatic imine (C=N–C) groups is 1. The Morgan fingerprint density at radius 3 is 2.89 bits per heavy atom. The van der Waals surface area contributed by atoms with Crippen LogP contribution in [0.4, 0.5) is 0 Å². The zero-order valence-electron chi connectivity index (χ0n) is 16.1. The summed E-state index contributed by atoms with van der Waals surface area (Å²) in [6.07, 6.45) is 3.41. The first kappa shape index (κ1) is 18.9. The summed E-state index contributed by atoms with van der Waals surface area (Å²) in [6.45, 7) is 2.92. The summed E-state index contributed by atoms with van der Waals surface area (Å²) in [6, 6.07) is 10.4. The number of amides is 1. The number of hydrogen-bond donors (Lipinski definition) is 2. The maximum Gasteiger partial charge on any atom is 0.243 e. The SMILES string of the molecule is CC(NC(=NCC(=O)N(C)C)NC1CCc2ncnn2C1)c1ccccc1. The molecule has 0 spiro atoms. The van der Waals surface area contributed by atoms with Gasteiger partial charge in [-0.05, 0) is 18.9 Å². The molecule has 2 aromatic rings. The molecule has 1 amide bonds. The molecule has 0 bridgehead atoms. The molecule has 0 fully saturated rings. The summed E-state index contributed by atoms with van der Waals surface area (Å²) < 4.78 is 1.92. The molecule has 0 aliphatic carbocycles. The summed E-state index contributed by atoms with van der Waals surface area (Å²) in [7, 11) is 3.47. The maximum absolute atomic E-state index is 12.0. The molecule has 2 N–H and O–H groups in total. The van der Waals surface area contributed by atoms with E-state index in [1.165, 1.54) is 0 Å². The standard InChI is InChI=1S/C19H27N7O/c1-14(15-7-5-4-6-8-15)23-19(20-11-18(27)25(2)3)24-16-9-10-17-21-13-22-26(17)12-16/h4-8,13-14,16H,9-12H2,1-3H3,(H2,20,23,24). The number of fused-ring (bicyclic) bond motifs is 1. The Labute approximate surface area is 159 Å². The van der Waals surface area contributed by atoms with Gasteiger partial charge in [-0.25, -0.2) is 14.7 Å². The van der Waals surface area contributed by atoms with Gasteiger partial charge in [0.05, 0.1) is 12.6 Å². The zero-order chi connectivity index (χ0) is 19.2. The van der Waals surface area contributed by atoms with Crippen LogP contribution in [-0.4, -0.2) is 58.2 Å². The van der Waals surface area contributed by atoms with Crippen LogP contribution in [0.2, 0.25) is 0 Å². The number of nitrogens with one attached hydrogen (secondary N) is 2. The number of rotatable bonds is 5. The minimum absolute atomic E-state index is 0.0364. The lowest BCUT2D eigenvalue weighted by atomic mass is 10.1. The highest BCUT2D eigenvalue weighted by atomic mass is 16.2. The van der Waals surface area contributed by atoms with Gasteiger partial charge in [-0.3, -0.25) is 4.79 Å². The van der Waals surface area contributed by atoms with Gasteiger partial charge >= 0.3 is 0 Å². The summed E-state index contributed by atoms with van der Waals surface area (Å²) in [5.41, 5.74) is 1.16. The first-order valence-corrected chi connectivity index (χ1v) is 9.22. The van der Waals surface area contributed by atoms with E-state index in [2.05, 4.69) is 44.8 Å². The molecule has 2 atom stereocenters. The molecule has 1 aromatic heterocycles. The summed E-state index contributed by atoms with van der Waals surface area (Å²) in [4.78, 5) is 22.3. The Hall–Kier alpha value is -2.90. The molecule has 0 saturated heterocycles. The van der Waals surface area contributed by atoms with Crippen molar-refractivity contribution in [3.05, 3.63) is 48.0 Å². The largest absolute Gasteiger partial charge is 0.352 e. The lowest BCUT2D eigenvalue weighted by Crippen LogP contribution is -2.48. The molecule has 0 radical (unpaired) electrons. The van der Waals surface area contributed by atoms with E-state index in [0.29, 0.717) is 5.96 Å². The van der Waals surface area contributed by atoms with Crippen molar-refractivity contribution < 1.29 is 4.79 Å². The molecule has 0 saturated carbocycles. The van der Waals surface area contributed by atoms with Gasteiger partial charge in [0.1, 0.15) is 18.7 Å². The highest BCUT2D eigenvalue weighted by Crippen LogP contribution is 2.13. The smallest absolute Gasteiger partial charge is 0.243 e. The highest BCUT2D eigenvalue weighted by molar-refractivity contribution is 5.85. The normalized spacial score (nSPS) is 17.7. The number of likely N-dealkylation sites (N-methyl/N-ethyl adjacent to an activating group) is 1. The second-order valence-corrected chi connectivity index (χ2v) is 6.97. The van der Waals surface area contributed by atoms with E-state index in [0.717, 1.165) is 30.8 Å². The van der Waals surface area contributed by atoms with Gasteiger partial charge in [0.25, 0.3) is 0 Å². The summed E-state index contributed by atoms with van der Waals surface area (Å²) in [5, 5.41) is 11.1. The molecule has 27 heavy (non-hydrogen) atoms. The third-order valence-corrected chi connectivity index (χ3v) is 4.67. The first-order chi connectivity index (χ1) is 13.0. The average Bonchev–Trinajstić information content (AvgIpc) is 3.14. The van der Waals surface area contributed by atoms with Crippen LogP contribution in [0.3, 0.4) is 0 Å². The van der Waals surface area contributed by atoms with Crippen molar-refractivity contribution in [3.8, 4) is 0 Å². The Balaban J connectivity index is 1.69. The van der Waals surface area contributed by atoms with E-state index >= 15 is 0 Å². The monoisotopic (exact) mass is 369 g/mol. The van der Waals surface area contributed by atoms with Gasteiger partial charge < -0.3 is 15.5 Å². The second-order valence-electron chi connectivity index (χ2n) is 6.97. The molecule has 8 heteroatoms. The van der Waals surface area contributed by atoms with Crippen molar-refractivity contribution in [2.24, 2.45) is 4.99 Å². The van der Waals surface area contributed by atoms with Crippen LogP contribution in [0.15, 0.2) is 41.7 Å². The Kier molecular flexibility index (Phi) is 6.05. The number of aromatic nitrogens is 3. The maximum atomic E-state index is 12.0. The Morgan fingerprint density at radius 2 is 2.15 bits per heavy atom. The molecule has 8 nitrogen and oxygen atoms in total. The molecule has 1 aromatic carbocycles. The quantitative estimate of drug-likeness (QED) is 0.606. The van der Waals surface area contributed by atoms with Gasteiger partial charge in [0.15, 0.2) is 5.96 Å². The van der Waals surface area contributed by atoms with E-state index in [1.807, 2.05) is 22.9 Å². The molecule has 3 rings (SSSR count). The molecule has 2 heterocycles. The number of carbonyl (C=O) groups excluding carboxylic acids is 1. The number of guanidine groups is 1. The van der Waals surface area contributed by atoms with Crippen LogP contribution in [0.25, 0.3) is 0 Å². The van der Waals surface area contributed by atoms with Gasteiger partial charge in [-0.15, -0.1) is 0 Å². The Bertz CT molecular complexity index is 784. The molecular weight excluding hydrogens is 342 g/mol. The summed E-state index contributed by atoms with van der Waals surface area (Å²) in [5.74, 6) is 1.61. The minimum Gasteiger partial charge on any atom is -0.352 e. The fraction of sp³-hybridized carbons (Fsp3) is 0.474. The predicted molar refractivity (Wildman–Crippen MR) is 104 cm³/mol. The van der Waals surface area contributed by atoms with Gasteiger partial charge in [-0.2, -0.15) is 5.10 Å². The number of hydrogen-bond acceptors (Lipinski definition) is 4. The van der Waals surface area contributed by atoms with Crippen molar-refractivity contribution in [3.63, 3.8) is 0 Å². The fourth-order valence-electron chi connectivity index (χ4n) is 3.00. The highest BCUT2D eigenvalue weighted by Gasteiger charge is 2.21. The van der Waals surface area contributed by atoms with Crippen molar-refractivity contribution in [2.45, 2.75) is 38.4 Å². The first-order valence-electron chi connectivity index (χ1n) is 9.22. The molecular formula is C19H27N7O. The average molecular weight is 369 g/mol. The number of carbonyl (C=O) groups is 1. The molecule has 1 aliphatic heterocycles. The third kappa shape index (κ3) is 5.06. The minimum atomic E-state index is -0.0364. The van der Waals surface area contributed by atoms with Crippen LogP contribution >= 0.6 is 0 Å². The van der Waals surface area contributed by atoms with Crippen LogP contribution in [0, 0.1) is 0 Å². The van der Waals surface area contributed by atoms with E-state index in [9.17, 15) is 4.79 Å². The van der Waals surface area contributed by atoms with Crippen LogP contribution < -0.4 is 10.6 Å². The molecule has 144 valence electrons. The van der Waals surface area contributed by atoms with Crippen molar-refractivity contribution in [2.75, 3.05) is 20.6 Å².